The topological polar surface area (TPSA) is 70.5 Å². The first-order chi connectivity index (χ1) is 9.05. The highest BCUT2D eigenvalue weighted by molar-refractivity contribution is 5.02. The first kappa shape index (κ1) is 18.8. The first-order valence-corrected chi connectivity index (χ1v) is 7.76. The fraction of sp³-hybridized carbons (Fsp3) is 1.00. The zero-order valence-electron chi connectivity index (χ0n) is 13.3. The summed E-state index contributed by atoms with van der Waals surface area (Å²) in [6.07, 6.45) is 4.67. The minimum absolute atomic E-state index is 0.218. The molecule has 0 aromatic heterocycles. The Labute approximate surface area is 119 Å². The second-order valence-electron chi connectivity index (χ2n) is 5.17. The number of ether oxygens (including phenoxy) is 2. The lowest BCUT2D eigenvalue weighted by Crippen LogP contribution is -2.61. The predicted octanol–water partition coefficient (Wildman–Crippen LogP) is 2.44. The molecule has 0 saturated carbocycles. The molecule has 0 amide bonds. The van der Waals surface area contributed by atoms with E-state index in [4.69, 9.17) is 20.9 Å². The van der Waals surface area contributed by atoms with Crippen LogP contribution in [0.5, 0.6) is 0 Å². The molecule has 0 aliphatic carbocycles. The largest absolute Gasteiger partial charge is 0.380 e. The van der Waals surface area contributed by atoms with E-state index < -0.39 is 0 Å². The molecule has 0 aliphatic heterocycles. The maximum Gasteiger partial charge on any atom is 0.0855 e. The predicted molar refractivity (Wildman–Crippen MR) is 81.3 cm³/mol. The van der Waals surface area contributed by atoms with Gasteiger partial charge in [-0.1, -0.05) is 27.7 Å². The Hall–Kier alpha value is -0.160. The van der Waals surface area contributed by atoms with E-state index in [2.05, 4.69) is 27.7 Å². The van der Waals surface area contributed by atoms with Crippen molar-refractivity contribution in [1.29, 1.82) is 0 Å². The van der Waals surface area contributed by atoms with Gasteiger partial charge in [0.2, 0.25) is 0 Å². The molecule has 0 unspecified atom stereocenters. The Kier molecular flexibility index (Phi) is 9.62. The van der Waals surface area contributed by atoms with E-state index >= 15 is 0 Å². The standard InChI is InChI=1S/C15H34N2O2/c1-5-14(17,6-2)15(7-3,8-4)19-12-9-11-18-13-10-16/h5-13,16-17H2,1-4H3. The van der Waals surface area contributed by atoms with Gasteiger partial charge in [-0.25, -0.2) is 0 Å². The van der Waals surface area contributed by atoms with Crippen LogP contribution in [0, 0.1) is 0 Å². The zero-order valence-corrected chi connectivity index (χ0v) is 13.3. The van der Waals surface area contributed by atoms with E-state index in [1.807, 2.05) is 0 Å². The van der Waals surface area contributed by atoms with Gasteiger partial charge in [-0.2, -0.15) is 0 Å². The third-order valence-corrected chi connectivity index (χ3v) is 4.38. The number of hydrogen-bond donors (Lipinski definition) is 2. The van der Waals surface area contributed by atoms with Crippen LogP contribution in [0.1, 0.15) is 59.8 Å². The van der Waals surface area contributed by atoms with E-state index in [-0.39, 0.29) is 11.1 Å². The zero-order chi connectivity index (χ0) is 14.8. The van der Waals surface area contributed by atoms with Crippen LogP contribution < -0.4 is 11.5 Å². The van der Waals surface area contributed by atoms with E-state index in [1.54, 1.807) is 0 Å². The highest BCUT2D eigenvalue weighted by Gasteiger charge is 2.44. The summed E-state index contributed by atoms with van der Waals surface area (Å²) >= 11 is 0. The van der Waals surface area contributed by atoms with Crippen molar-refractivity contribution >= 4 is 0 Å². The van der Waals surface area contributed by atoms with Crippen LogP contribution in [0.4, 0.5) is 0 Å². The molecule has 4 N–H and O–H groups in total. The summed E-state index contributed by atoms with van der Waals surface area (Å²) in [5.41, 5.74) is 11.5. The van der Waals surface area contributed by atoms with Crippen molar-refractivity contribution in [2.75, 3.05) is 26.4 Å². The van der Waals surface area contributed by atoms with Crippen molar-refractivity contribution in [3.05, 3.63) is 0 Å². The van der Waals surface area contributed by atoms with E-state index in [1.165, 1.54) is 0 Å². The summed E-state index contributed by atoms with van der Waals surface area (Å²) in [5.74, 6) is 0. The Morgan fingerprint density at radius 2 is 1.42 bits per heavy atom. The van der Waals surface area contributed by atoms with Gasteiger partial charge in [0.05, 0.1) is 12.2 Å². The van der Waals surface area contributed by atoms with Crippen LogP contribution in [0.25, 0.3) is 0 Å². The second-order valence-corrected chi connectivity index (χ2v) is 5.17. The van der Waals surface area contributed by atoms with Gasteiger partial charge in [0, 0.05) is 25.3 Å². The Bertz CT molecular complexity index is 214. The van der Waals surface area contributed by atoms with Gasteiger partial charge in [0.1, 0.15) is 0 Å². The molecule has 0 aromatic rings. The van der Waals surface area contributed by atoms with Crippen molar-refractivity contribution in [3.63, 3.8) is 0 Å². The van der Waals surface area contributed by atoms with Crippen LogP contribution in [0.2, 0.25) is 0 Å². The lowest BCUT2D eigenvalue weighted by molar-refractivity contribution is -0.111. The van der Waals surface area contributed by atoms with Gasteiger partial charge in [0.25, 0.3) is 0 Å². The van der Waals surface area contributed by atoms with Gasteiger partial charge < -0.3 is 20.9 Å². The lowest BCUT2D eigenvalue weighted by Gasteiger charge is -2.47. The fourth-order valence-corrected chi connectivity index (χ4v) is 2.81. The quantitative estimate of drug-likeness (QED) is 0.536. The molecule has 0 spiro atoms. The van der Waals surface area contributed by atoms with Crippen molar-refractivity contribution in [2.45, 2.75) is 70.9 Å². The highest BCUT2D eigenvalue weighted by Crippen LogP contribution is 2.36. The summed E-state index contributed by atoms with van der Waals surface area (Å²) < 4.78 is 11.6. The highest BCUT2D eigenvalue weighted by atomic mass is 16.5. The minimum Gasteiger partial charge on any atom is -0.380 e. The molecule has 0 radical (unpaired) electrons. The van der Waals surface area contributed by atoms with E-state index in [0.29, 0.717) is 26.4 Å². The van der Waals surface area contributed by atoms with Crippen molar-refractivity contribution in [3.8, 4) is 0 Å². The molecule has 4 nitrogen and oxygen atoms in total. The molecular weight excluding hydrogens is 240 g/mol. The normalized spacial score (nSPS) is 12.9. The monoisotopic (exact) mass is 274 g/mol. The van der Waals surface area contributed by atoms with Gasteiger partial charge >= 0.3 is 0 Å². The average Bonchev–Trinajstić information content (AvgIpc) is 2.46. The summed E-state index contributed by atoms with van der Waals surface area (Å²) in [6, 6.07) is 0. The van der Waals surface area contributed by atoms with Crippen LogP contribution in [-0.4, -0.2) is 37.5 Å². The molecule has 0 aromatic carbocycles. The number of hydrogen-bond acceptors (Lipinski definition) is 4. The van der Waals surface area contributed by atoms with Crippen LogP contribution in [-0.2, 0) is 9.47 Å². The third-order valence-electron chi connectivity index (χ3n) is 4.38. The summed E-state index contributed by atoms with van der Waals surface area (Å²) in [5, 5.41) is 0. The van der Waals surface area contributed by atoms with Crippen LogP contribution in [0.15, 0.2) is 0 Å². The molecule has 0 saturated heterocycles. The molecule has 0 rings (SSSR count). The molecule has 0 aliphatic rings. The van der Waals surface area contributed by atoms with Gasteiger partial charge in [-0.3, -0.25) is 0 Å². The number of rotatable bonds is 12. The van der Waals surface area contributed by atoms with Crippen LogP contribution >= 0.6 is 0 Å². The molecule has 0 heterocycles. The molecule has 116 valence electrons. The van der Waals surface area contributed by atoms with Gasteiger partial charge in [-0.15, -0.1) is 0 Å². The smallest absolute Gasteiger partial charge is 0.0855 e. The Morgan fingerprint density at radius 3 is 1.84 bits per heavy atom. The fourth-order valence-electron chi connectivity index (χ4n) is 2.81. The maximum absolute atomic E-state index is 6.59. The summed E-state index contributed by atoms with van der Waals surface area (Å²) in [7, 11) is 0. The van der Waals surface area contributed by atoms with Crippen molar-refractivity contribution < 1.29 is 9.47 Å². The second kappa shape index (κ2) is 9.70. The molecule has 0 bridgehead atoms. The maximum atomic E-state index is 6.59. The molecule has 0 atom stereocenters. The molecule has 0 fully saturated rings. The average molecular weight is 274 g/mol. The van der Waals surface area contributed by atoms with E-state index in [0.717, 1.165) is 32.1 Å². The molecule has 4 heteroatoms. The minimum atomic E-state index is -0.241. The van der Waals surface area contributed by atoms with Crippen LogP contribution in [0.3, 0.4) is 0 Å². The Morgan fingerprint density at radius 1 is 0.842 bits per heavy atom. The lowest BCUT2D eigenvalue weighted by atomic mass is 9.73. The third kappa shape index (κ3) is 5.03. The summed E-state index contributed by atoms with van der Waals surface area (Å²) in [6.45, 7) is 11.2. The van der Waals surface area contributed by atoms with Crippen molar-refractivity contribution in [2.24, 2.45) is 11.5 Å². The number of nitrogens with two attached hydrogens (primary N) is 2. The van der Waals surface area contributed by atoms with Crippen molar-refractivity contribution in [1.82, 2.24) is 0 Å². The SMILES string of the molecule is CCC(N)(CC)C(CC)(CC)OCCCOCCN. The van der Waals surface area contributed by atoms with Gasteiger partial charge in [0.15, 0.2) is 0 Å². The first-order valence-electron chi connectivity index (χ1n) is 7.76. The summed E-state index contributed by atoms with van der Waals surface area (Å²) in [4.78, 5) is 0. The van der Waals surface area contributed by atoms with E-state index in [9.17, 15) is 0 Å². The molecule has 19 heavy (non-hydrogen) atoms. The Balaban J connectivity index is 4.39. The molecular formula is C15H34N2O2. The van der Waals surface area contributed by atoms with Gasteiger partial charge in [-0.05, 0) is 32.1 Å².